The number of halogens is 1. The van der Waals surface area contributed by atoms with E-state index in [1.54, 1.807) is 10.6 Å². The first-order valence-electron chi connectivity index (χ1n) is 8.07. The lowest BCUT2D eigenvalue weighted by atomic mass is 10.0. The second kappa shape index (κ2) is 6.05. The Morgan fingerprint density at radius 1 is 1.12 bits per heavy atom. The molecular formula is C19H16FN3O2. The van der Waals surface area contributed by atoms with Gasteiger partial charge in [0.15, 0.2) is 0 Å². The van der Waals surface area contributed by atoms with E-state index in [-0.39, 0.29) is 23.7 Å². The third-order valence-electron chi connectivity index (χ3n) is 4.38. The number of anilines is 2. The van der Waals surface area contributed by atoms with Crippen molar-refractivity contribution in [2.24, 2.45) is 0 Å². The lowest BCUT2D eigenvalue weighted by Gasteiger charge is -2.14. The van der Waals surface area contributed by atoms with Crippen molar-refractivity contribution >= 4 is 28.2 Å². The summed E-state index contributed by atoms with van der Waals surface area (Å²) in [7, 11) is 0. The molecule has 0 spiro atoms. The third kappa shape index (κ3) is 2.76. The molecule has 3 aromatic rings. The molecule has 2 aromatic carbocycles. The van der Waals surface area contributed by atoms with E-state index in [1.165, 1.54) is 24.3 Å². The van der Waals surface area contributed by atoms with Gasteiger partial charge in [-0.05, 0) is 35.7 Å². The van der Waals surface area contributed by atoms with Gasteiger partial charge in [-0.15, -0.1) is 0 Å². The number of nitrogens with one attached hydrogen (secondary N) is 2. The van der Waals surface area contributed by atoms with Gasteiger partial charge in [0.2, 0.25) is 5.91 Å². The van der Waals surface area contributed by atoms with Crippen LogP contribution in [0.2, 0.25) is 0 Å². The van der Waals surface area contributed by atoms with Crippen LogP contribution in [0.15, 0.2) is 53.3 Å². The number of nitrogens with zero attached hydrogens (tertiary/aromatic N) is 1. The highest BCUT2D eigenvalue weighted by Crippen LogP contribution is 2.27. The molecule has 0 saturated carbocycles. The Kier molecular flexibility index (Phi) is 3.72. The minimum Gasteiger partial charge on any atom is -0.369 e. The zero-order chi connectivity index (χ0) is 17.4. The second-order valence-electron chi connectivity index (χ2n) is 5.99. The summed E-state index contributed by atoms with van der Waals surface area (Å²) in [5.41, 5.74) is 1.29. The molecule has 0 bridgehead atoms. The van der Waals surface area contributed by atoms with Crippen LogP contribution in [0.4, 0.5) is 15.9 Å². The number of pyridine rings is 1. The molecule has 5 nitrogen and oxygen atoms in total. The Morgan fingerprint density at radius 3 is 2.60 bits per heavy atom. The van der Waals surface area contributed by atoms with E-state index < -0.39 is 0 Å². The van der Waals surface area contributed by atoms with E-state index in [0.29, 0.717) is 30.0 Å². The molecule has 25 heavy (non-hydrogen) atoms. The van der Waals surface area contributed by atoms with Crippen molar-refractivity contribution in [1.82, 2.24) is 4.57 Å². The van der Waals surface area contributed by atoms with Gasteiger partial charge in [-0.1, -0.05) is 18.2 Å². The molecule has 1 aromatic heterocycles. The van der Waals surface area contributed by atoms with Gasteiger partial charge in [-0.2, -0.15) is 0 Å². The number of amides is 1. The summed E-state index contributed by atoms with van der Waals surface area (Å²) >= 11 is 0. The van der Waals surface area contributed by atoms with Crippen LogP contribution in [-0.2, 0) is 17.8 Å². The van der Waals surface area contributed by atoms with Crippen molar-refractivity contribution < 1.29 is 9.18 Å². The molecular weight excluding hydrogens is 321 g/mol. The summed E-state index contributed by atoms with van der Waals surface area (Å²) in [5, 5.41) is 7.37. The SMILES string of the molecule is O=C(Cc1c2n(c(=O)c3ccccc13)CCN2)Nc1ccc(F)cc1. The first-order chi connectivity index (χ1) is 12.1. The minimum atomic E-state index is -0.353. The van der Waals surface area contributed by atoms with Gasteiger partial charge in [0.1, 0.15) is 11.6 Å². The largest absolute Gasteiger partial charge is 0.369 e. The molecule has 1 aliphatic rings. The highest BCUT2D eigenvalue weighted by Gasteiger charge is 2.21. The van der Waals surface area contributed by atoms with Gasteiger partial charge in [0.25, 0.3) is 5.56 Å². The number of carbonyl (C=O) groups excluding carboxylic acids is 1. The number of fused-ring (bicyclic) bond motifs is 2. The smallest absolute Gasteiger partial charge is 0.260 e. The van der Waals surface area contributed by atoms with Crippen molar-refractivity contribution in [2.75, 3.05) is 17.2 Å². The van der Waals surface area contributed by atoms with Crippen LogP contribution in [0.1, 0.15) is 5.56 Å². The fourth-order valence-electron chi connectivity index (χ4n) is 3.25. The summed E-state index contributed by atoms with van der Waals surface area (Å²) < 4.78 is 14.7. The van der Waals surface area contributed by atoms with Crippen LogP contribution in [0, 0.1) is 5.82 Å². The van der Waals surface area contributed by atoms with Crippen molar-refractivity contribution in [1.29, 1.82) is 0 Å². The van der Waals surface area contributed by atoms with Crippen LogP contribution in [-0.4, -0.2) is 17.0 Å². The van der Waals surface area contributed by atoms with Crippen molar-refractivity contribution in [2.45, 2.75) is 13.0 Å². The molecule has 0 fully saturated rings. The maximum atomic E-state index is 13.0. The van der Waals surface area contributed by atoms with E-state index in [1.807, 2.05) is 18.2 Å². The molecule has 0 unspecified atom stereocenters. The highest BCUT2D eigenvalue weighted by molar-refractivity contribution is 5.98. The number of benzene rings is 2. The maximum absolute atomic E-state index is 13.0. The normalized spacial score (nSPS) is 12.7. The summed E-state index contributed by atoms with van der Waals surface area (Å²) in [6.45, 7) is 1.25. The zero-order valence-electron chi connectivity index (χ0n) is 13.4. The summed E-state index contributed by atoms with van der Waals surface area (Å²) in [6.07, 6.45) is 0.125. The fraction of sp³-hybridized carbons (Fsp3) is 0.158. The Hall–Kier alpha value is -3.15. The molecule has 2 heterocycles. The molecule has 0 radical (unpaired) electrons. The van der Waals surface area contributed by atoms with E-state index in [2.05, 4.69) is 10.6 Å². The lowest BCUT2D eigenvalue weighted by molar-refractivity contribution is -0.115. The van der Waals surface area contributed by atoms with Gasteiger partial charge in [-0.3, -0.25) is 14.2 Å². The Morgan fingerprint density at radius 2 is 1.84 bits per heavy atom. The molecule has 1 aliphatic heterocycles. The van der Waals surface area contributed by atoms with Crippen LogP contribution in [0.5, 0.6) is 0 Å². The average molecular weight is 337 g/mol. The summed E-state index contributed by atoms with van der Waals surface area (Å²) in [5.74, 6) is 0.137. The number of carbonyl (C=O) groups is 1. The highest BCUT2D eigenvalue weighted by atomic mass is 19.1. The van der Waals surface area contributed by atoms with E-state index in [4.69, 9.17) is 0 Å². The standard InChI is InChI=1S/C19H16FN3O2/c20-12-5-7-13(8-6-12)22-17(24)11-16-14-3-1-2-4-15(14)19(25)23-10-9-21-18(16)23/h1-8,21H,9-11H2,(H,22,24). The monoisotopic (exact) mass is 337 g/mol. The van der Waals surface area contributed by atoms with Gasteiger partial charge in [0.05, 0.1) is 6.42 Å². The number of hydrogen-bond acceptors (Lipinski definition) is 3. The number of hydrogen-bond donors (Lipinski definition) is 2. The van der Waals surface area contributed by atoms with Gasteiger partial charge in [0, 0.05) is 29.7 Å². The average Bonchev–Trinajstić information content (AvgIpc) is 3.11. The Bertz CT molecular complexity index is 1030. The molecule has 4 rings (SSSR count). The third-order valence-corrected chi connectivity index (χ3v) is 4.38. The molecule has 0 saturated heterocycles. The topological polar surface area (TPSA) is 63.1 Å². The van der Waals surface area contributed by atoms with Crippen molar-refractivity contribution in [3.05, 3.63) is 70.3 Å². The van der Waals surface area contributed by atoms with Crippen LogP contribution in [0.3, 0.4) is 0 Å². The van der Waals surface area contributed by atoms with E-state index in [9.17, 15) is 14.0 Å². The fourth-order valence-corrected chi connectivity index (χ4v) is 3.25. The Labute approximate surface area is 143 Å². The predicted molar refractivity (Wildman–Crippen MR) is 95.4 cm³/mol. The molecule has 126 valence electrons. The lowest BCUT2D eigenvalue weighted by Crippen LogP contribution is -2.22. The zero-order valence-corrected chi connectivity index (χ0v) is 13.4. The minimum absolute atomic E-state index is 0.0432. The first-order valence-corrected chi connectivity index (χ1v) is 8.07. The Balaban J connectivity index is 1.72. The molecule has 1 amide bonds. The van der Waals surface area contributed by atoms with Crippen molar-refractivity contribution in [3.63, 3.8) is 0 Å². The van der Waals surface area contributed by atoms with E-state index >= 15 is 0 Å². The van der Waals surface area contributed by atoms with E-state index in [0.717, 1.165) is 10.9 Å². The number of rotatable bonds is 3. The van der Waals surface area contributed by atoms with Gasteiger partial charge in [-0.25, -0.2) is 4.39 Å². The quantitative estimate of drug-likeness (QED) is 0.772. The predicted octanol–water partition coefficient (Wildman–Crippen LogP) is 2.75. The van der Waals surface area contributed by atoms with Crippen molar-refractivity contribution in [3.8, 4) is 0 Å². The van der Waals surface area contributed by atoms with Crippen LogP contribution in [0.25, 0.3) is 10.8 Å². The number of aromatic nitrogens is 1. The second-order valence-corrected chi connectivity index (χ2v) is 5.99. The van der Waals surface area contributed by atoms with Crippen LogP contribution >= 0.6 is 0 Å². The maximum Gasteiger partial charge on any atom is 0.260 e. The first kappa shape index (κ1) is 15.4. The van der Waals surface area contributed by atoms with Crippen LogP contribution < -0.4 is 16.2 Å². The summed E-state index contributed by atoms with van der Waals surface area (Å²) in [6, 6.07) is 12.9. The summed E-state index contributed by atoms with van der Waals surface area (Å²) in [4.78, 5) is 25.0. The van der Waals surface area contributed by atoms with Gasteiger partial charge < -0.3 is 10.6 Å². The molecule has 0 aliphatic carbocycles. The van der Waals surface area contributed by atoms with Gasteiger partial charge >= 0.3 is 0 Å². The molecule has 0 atom stereocenters. The molecule has 6 heteroatoms. The molecule has 2 N–H and O–H groups in total.